The molecule has 7 nitrogen and oxygen atoms in total. The highest BCUT2D eigenvalue weighted by Gasteiger charge is 2.18. The first-order valence-electron chi connectivity index (χ1n) is 11.1. The molecule has 0 radical (unpaired) electrons. The molecule has 0 fully saturated rings. The Morgan fingerprint density at radius 2 is 1.56 bits per heavy atom. The zero-order valence-corrected chi connectivity index (χ0v) is 18.5. The highest BCUT2D eigenvalue weighted by atomic mass is 16.2. The lowest BCUT2D eigenvalue weighted by Crippen LogP contribution is -2.23. The Morgan fingerprint density at radius 3 is 2.38 bits per heavy atom. The molecular formula is C27H21N5O2. The van der Waals surface area contributed by atoms with Gasteiger partial charge < -0.3 is 5.32 Å². The fourth-order valence-corrected chi connectivity index (χ4v) is 4.64. The largest absolute Gasteiger partial charge is 0.324 e. The molecule has 0 aliphatic rings. The number of aryl methyl sites for hydroxylation is 2. The molecule has 6 aromatic rings. The fraction of sp³-hybridized carbons (Fsp3) is 0.111. The van der Waals surface area contributed by atoms with Gasteiger partial charge in [0, 0.05) is 23.7 Å². The number of aromatic nitrogens is 4. The van der Waals surface area contributed by atoms with Gasteiger partial charge in [-0.3, -0.25) is 18.6 Å². The molecule has 0 unspecified atom stereocenters. The van der Waals surface area contributed by atoms with Gasteiger partial charge in [0.2, 0.25) is 5.91 Å². The van der Waals surface area contributed by atoms with E-state index < -0.39 is 0 Å². The van der Waals surface area contributed by atoms with Gasteiger partial charge >= 0.3 is 0 Å². The zero-order chi connectivity index (χ0) is 23.2. The molecule has 0 bridgehead atoms. The van der Waals surface area contributed by atoms with E-state index in [-0.39, 0.29) is 24.4 Å². The van der Waals surface area contributed by atoms with E-state index in [4.69, 9.17) is 4.98 Å². The van der Waals surface area contributed by atoms with E-state index in [0.717, 1.165) is 38.8 Å². The molecular weight excluding hydrogens is 426 g/mol. The van der Waals surface area contributed by atoms with Crippen LogP contribution in [0.5, 0.6) is 0 Å². The van der Waals surface area contributed by atoms with Gasteiger partial charge in [-0.2, -0.15) is 0 Å². The SMILES string of the molecule is Cc1nc2ccccc2c2c(NC(=O)CCn3cnc4ccccc4c3=O)c3ccccc3n12. The number of carbonyl (C=O) groups is 1. The van der Waals surface area contributed by atoms with Crippen molar-refractivity contribution >= 4 is 49.8 Å². The Morgan fingerprint density at radius 1 is 0.882 bits per heavy atom. The van der Waals surface area contributed by atoms with Gasteiger partial charge in [0.25, 0.3) is 5.56 Å². The number of benzene rings is 3. The van der Waals surface area contributed by atoms with Crippen molar-refractivity contribution < 1.29 is 4.79 Å². The van der Waals surface area contributed by atoms with Gasteiger partial charge in [0.15, 0.2) is 0 Å². The summed E-state index contributed by atoms with van der Waals surface area (Å²) in [5.74, 6) is 0.677. The smallest absolute Gasteiger partial charge is 0.261 e. The molecule has 7 heteroatoms. The van der Waals surface area contributed by atoms with Crippen molar-refractivity contribution in [1.29, 1.82) is 0 Å². The average molecular weight is 447 g/mol. The quantitative estimate of drug-likeness (QED) is 0.425. The lowest BCUT2D eigenvalue weighted by molar-refractivity contribution is -0.116. The van der Waals surface area contributed by atoms with Crippen molar-refractivity contribution in [2.45, 2.75) is 19.9 Å². The van der Waals surface area contributed by atoms with E-state index in [1.807, 2.05) is 67.6 Å². The molecule has 1 N–H and O–H groups in total. The number of amides is 1. The zero-order valence-electron chi connectivity index (χ0n) is 18.5. The van der Waals surface area contributed by atoms with E-state index >= 15 is 0 Å². The van der Waals surface area contributed by atoms with Crippen LogP contribution >= 0.6 is 0 Å². The first-order valence-corrected chi connectivity index (χ1v) is 11.1. The molecule has 3 heterocycles. The number of anilines is 1. The molecule has 3 aromatic heterocycles. The van der Waals surface area contributed by atoms with Crippen molar-refractivity contribution in [3.05, 3.63) is 95.3 Å². The Hall–Kier alpha value is -4.52. The van der Waals surface area contributed by atoms with E-state index in [0.29, 0.717) is 10.9 Å². The van der Waals surface area contributed by atoms with Gasteiger partial charge in [-0.05, 0) is 31.2 Å². The summed E-state index contributed by atoms with van der Waals surface area (Å²) in [6.07, 6.45) is 1.65. The minimum atomic E-state index is -0.170. The molecule has 0 aliphatic carbocycles. The Labute approximate surface area is 194 Å². The van der Waals surface area contributed by atoms with Crippen molar-refractivity contribution in [2.75, 3.05) is 5.32 Å². The van der Waals surface area contributed by atoms with Crippen molar-refractivity contribution in [3.8, 4) is 0 Å². The maximum atomic E-state index is 13.1. The maximum absolute atomic E-state index is 13.1. The minimum Gasteiger partial charge on any atom is -0.324 e. The second kappa shape index (κ2) is 7.81. The van der Waals surface area contributed by atoms with E-state index in [9.17, 15) is 9.59 Å². The summed E-state index contributed by atoms with van der Waals surface area (Å²) in [4.78, 5) is 35.0. The number of fused-ring (bicyclic) bond motifs is 6. The van der Waals surface area contributed by atoms with Crippen LogP contribution in [0.15, 0.2) is 83.9 Å². The van der Waals surface area contributed by atoms with Crippen molar-refractivity contribution in [1.82, 2.24) is 18.9 Å². The average Bonchev–Trinajstić information content (AvgIpc) is 3.19. The summed E-state index contributed by atoms with van der Waals surface area (Å²) < 4.78 is 3.58. The highest BCUT2D eigenvalue weighted by molar-refractivity contribution is 6.16. The third-order valence-electron chi connectivity index (χ3n) is 6.22. The number of nitrogens with zero attached hydrogens (tertiary/aromatic N) is 4. The van der Waals surface area contributed by atoms with Crippen molar-refractivity contribution in [3.63, 3.8) is 0 Å². The normalized spacial score (nSPS) is 11.6. The first kappa shape index (κ1) is 20.1. The van der Waals surface area contributed by atoms with Crippen LogP contribution in [-0.2, 0) is 11.3 Å². The number of rotatable bonds is 4. The van der Waals surface area contributed by atoms with Gasteiger partial charge in [0.1, 0.15) is 5.82 Å². The molecule has 6 rings (SSSR count). The number of para-hydroxylation sites is 3. The van der Waals surface area contributed by atoms with Gasteiger partial charge in [0.05, 0.1) is 39.5 Å². The topological polar surface area (TPSA) is 81.3 Å². The number of hydrogen-bond donors (Lipinski definition) is 1. The number of hydrogen-bond acceptors (Lipinski definition) is 4. The molecule has 0 saturated heterocycles. The van der Waals surface area contributed by atoms with Crippen LogP contribution < -0.4 is 10.9 Å². The Balaban J connectivity index is 1.39. The van der Waals surface area contributed by atoms with E-state index in [2.05, 4.69) is 14.7 Å². The van der Waals surface area contributed by atoms with Crippen LogP contribution in [0.2, 0.25) is 0 Å². The predicted molar refractivity (Wildman–Crippen MR) is 134 cm³/mol. The molecule has 3 aromatic carbocycles. The summed E-state index contributed by atoms with van der Waals surface area (Å²) >= 11 is 0. The summed E-state index contributed by atoms with van der Waals surface area (Å²) in [5.41, 5.74) is 4.04. The maximum Gasteiger partial charge on any atom is 0.261 e. The predicted octanol–water partition coefficient (Wildman–Crippen LogP) is 4.69. The first-order chi connectivity index (χ1) is 16.6. The third kappa shape index (κ3) is 3.13. The third-order valence-corrected chi connectivity index (χ3v) is 6.22. The van der Waals surface area contributed by atoms with Crippen molar-refractivity contribution in [2.24, 2.45) is 0 Å². The Kier molecular flexibility index (Phi) is 4.62. The highest BCUT2D eigenvalue weighted by Crippen LogP contribution is 2.36. The second-order valence-electron chi connectivity index (χ2n) is 8.31. The molecule has 0 spiro atoms. The molecule has 1 amide bonds. The van der Waals surface area contributed by atoms with Crippen LogP contribution in [-0.4, -0.2) is 24.8 Å². The van der Waals surface area contributed by atoms with Crippen LogP contribution in [0, 0.1) is 6.92 Å². The molecule has 34 heavy (non-hydrogen) atoms. The minimum absolute atomic E-state index is 0.146. The van der Waals surface area contributed by atoms with Gasteiger partial charge in [-0.1, -0.05) is 48.5 Å². The fourth-order valence-electron chi connectivity index (χ4n) is 4.64. The Bertz CT molecular complexity index is 1800. The number of nitrogens with one attached hydrogen (secondary N) is 1. The van der Waals surface area contributed by atoms with Gasteiger partial charge in [-0.15, -0.1) is 0 Å². The number of carbonyl (C=O) groups excluding carboxylic acids is 1. The summed E-state index contributed by atoms with van der Waals surface area (Å²) in [6, 6.07) is 23.1. The standard InChI is InChI=1S/C27H21N5O2/c1-17-29-22-12-6-2-8-18(22)26-25(20-10-4-7-13-23(20)32(17)26)30-24(33)14-15-31-16-28-21-11-5-3-9-19(21)27(31)34/h2-13,16H,14-15H2,1H3,(H,30,33). The monoisotopic (exact) mass is 447 g/mol. The van der Waals surface area contributed by atoms with Crippen LogP contribution in [0.1, 0.15) is 12.2 Å². The summed E-state index contributed by atoms with van der Waals surface area (Å²) in [5, 5.41) is 5.59. The lowest BCUT2D eigenvalue weighted by Gasteiger charge is -2.10. The van der Waals surface area contributed by atoms with Crippen LogP contribution in [0.25, 0.3) is 38.2 Å². The lowest BCUT2D eigenvalue weighted by atomic mass is 10.1. The second-order valence-corrected chi connectivity index (χ2v) is 8.31. The van der Waals surface area contributed by atoms with E-state index in [1.165, 1.54) is 10.9 Å². The molecule has 0 saturated carbocycles. The van der Waals surface area contributed by atoms with Gasteiger partial charge in [-0.25, -0.2) is 9.97 Å². The van der Waals surface area contributed by atoms with Crippen LogP contribution in [0.4, 0.5) is 5.69 Å². The summed E-state index contributed by atoms with van der Waals surface area (Å²) in [7, 11) is 0. The molecule has 0 atom stereocenters. The summed E-state index contributed by atoms with van der Waals surface area (Å²) in [6.45, 7) is 2.21. The van der Waals surface area contributed by atoms with E-state index in [1.54, 1.807) is 12.1 Å². The molecule has 166 valence electrons. The van der Waals surface area contributed by atoms with Crippen LogP contribution in [0.3, 0.4) is 0 Å². The molecule has 0 aliphatic heterocycles.